The summed E-state index contributed by atoms with van der Waals surface area (Å²) in [5.41, 5.74) is 1.28. The average Bonchev–Trinajstić information content (AvgIpc) is 3.43. The summed E-state index contributed by atoms with van der Waals surface area (Å²) in [6, 6.07) is 6.67. The lowest BCUT2D eigenvalue weighted by atomic mass is 10.0. The molecule has 0 spiro atoms. The van der Waals surface area contributed by atoms with Gasteiger partial charge in [-0.2, -0.15) is 0 Å². The van der Waals surface area contributed by atoms with Crippen LogP contribution in [-0.4, -0.2) is 47.8 Å². The Morgan fingerprint density at radius 1 is 1.36 bits per heavy atom. The summed E-state index contributed by atoms with van der Waals surface area (Å²) >= 11 is 1.50. The summed E-state index contributed by atoms with van der Waals surface area (Å²) in [7, 11) is 1.65. The highest BCUT2D eigenvalue weighted by Gasteiger charge is 2.43. The molecular formula is C19H20N4O4S. The molecular weight excluding hydrogens is 380 g/mol. The Balaban J connectivity index is 1.41. The minimum absolute atomic E-state index is 0.140. The van der Waals surface area contributed by atoms with Crippen molar-refractivity contribution >= 4 is 29.2 Å². The Kier molecular flexibility index (Phi) is 4.91. The second-order valence-electron chi connectivity index (χ2n) is 6.65. The Labute approximate surface area is 165 Å². The molecule has 2 aromatic rings. The van der Waals surface area contributed by atoms with Gasteiger partial charge < -0.3 is 20.0 Å². The molecule has 4 amide bonds. The summed E-state index contributed by atoms with van der Waals surface area (Å²) in [6.45, 7) is 0.927. The third kappa shape index (κ3) is 3.40. The van der Waals surface area contributed by atoms with Gasteiger partial charge >= 0.3 is 6.03 Å². The molecule has 1 atom stereocenters. The van der Waals surface area contributed by atoms with Crippen molar-refractivity contribution in [3.8, 4) is 0 Å². The van der Waals surface area contributed by atoms with Crippen LogP contribution in [0.15, 0.2) is 51.6 Å². The van der Waals surface area contributed by atoms with Gasteiger partial charge in [0.05, 0.1) is 36.7 Å². The van der Waals surface area contributed by atoms with Crippen LogP contribution in [0.4, 0.5) is 4.79 Å². The molecule has 2 aromatic heterocycles. The molecule has 9 heteroatoms. The molecule has 2 aliphatic rings. The zero-order valence-corrected chi connectivity index (χ0v) is 16.1. The predicted octanol–water partition coefficient (Wildman–Crippen LogP) is 1.84. The summed E-state index contributed by atoms with van der Waals surface area (Å²) in [6.07, 6.45) is 1.73. The first-order valence-electron chi connectivity index (χ1n) is 8.93. The zero-order valence-electron chi connectivity index (χ0n) is 15.3. The standard InChI is InChI=1S/C19H20N4O4S/c1-22-13-11-23(7-6-15(24)20-10-12-4-2-8-27-12)18(25)16(13)17(21-19(22)26)14-5-3-9-28-14/h2-5,8-9,17H,6-7,10-11H2,1H3,(H,20,24)(H,21,26). The molecule has 0 aromatic carbocycles. The van der Waals surface area contributed by atoms with E-state index in [0.29, 0.717) is 30.1 Å². The molecule has 2 N–H and O–H groups in total. The molecule has 2 aliphatic heterocycles. The molecule has 0 fully saturated rings. The van der Waals surface area contributed by atoms with E-state index < -0.39 is 6.04 Å². The maximum absolute atomic E-state index is 13.0. The van der Waals surface area contributed by atoms with Crippen LogP contribution >= 0.6 is 11.3 Å². The summed E-state index contributed by atoms with van der Waals surface area (Å²) in [5.74, 6) is 0.373. The van der Waals surface area contributed by atoms with Gasteiger partial charge in [-0.05, 0) is 23.6 Å². The molecule has 28 heavy (non-hydrogen) atoms. The third-order valence-corrected chi connectivity index (χ3v) is 5.85. The highest BCUT2D eigenvalue weighted by molar-refractivity contribution is 7.10. The quantitative estimate of drug-likeness (QED) is 0.774. The zero-order chi connectivity index (χ0) is 19.7. The van der Waals surface area contributed by atoms with E-state index in [9.17, 15) is 14.4 Å². The summed E-state index contributed by atoms with van der Waals surface area (Å²) in [4.78, 5) is 41.4. The van der Waals surface area contributed by atoms with Crippen molar-refractivity contribution in [1.82, 2.24) is 20.4 Å². The highest BCUT2D eigenvalue weighted by atomic mass is 32.1. The smallest absolute Gasteiger partial charge is 0.322 e. The SMILES string of the molecule is CN1C(=O)NC(c2cccs2)C2=C1CN(CCC(=O)NCc1ccco1)C2=O. The lowest BCUT2D eigenvalue weighted by molar-refractivity contribution is -0.127. The molecule has 0 radical (unpaired) electrons. The molecule has 0 bridgehead atoms. The maximum atomic E-state index is 13.0. The minimum atomic E-state index is -0.441. The van der Waals surface area contributed by atoms with Gasteiger partial charge in [0.2, 0.25) is 5.91 Å². The monoisotopic (exact) mass is 400 g/mol. The number of furan rings is 1. The molecule has 0 saturated carbocycles. The number of carbonyl (C=O) groups excluding carboxylic acids is 3. The number of carbonyl (C=O) groups is 3. The van der Waals surface area contributed by atoms with Gasteiger partial charge in [0.1, 0.15) is 5.76 Å². The normalized spacial score (nSPS) is 19.1. The molecule has 4 rings (SSSR count). The first-order chi connectivity index (χ1) is 13.5. The van der Waals surface area contributed by atoms with E-state index in [-0.39, 0.29) is 30.8 Å². The number of likely N-dealkylation sites (N-methyl/N-ethyl adjacent to an activating group) is 1. The second kappa shape index (κ2) is 7.51. The van der Waals surface area contributed by atoms with E-state index in [1.807, 2.05) is 17.5 Å². The van der Waals surface area contributed by atoms with Crippen molar-refractivity contribution in [2.45, 2.75) is 19.0 Å². The summed E-state index contributed by atoms with van der Waals surface area (Å²) in [5, 5.41) is 7.59. The van der Waals surface area contributed by atoms with Gasteiger partial charge in [-0.1, -0.05) is 6.07 Å². The lowest BCUT2D eigenvalue weighted by Gasteiger charge is -2.30. The minimum Gasteiger partial charge on any atom is -0.467 e. The molecule has 4 heterocycles. The Morgan fingerprint density at radius 2 is 2.21 bits per heavy atom. The fourth-order valence-electron chi connectivity index (χ4n) is 3.40. The van der Waals surface area contributed by atoms with E-state index >= 15 is 0 Å². The Bertz CT molecular complexity index is 920. The number of hydrogen-bond acceptors (Lipinski definition) is 5. The third-order valence-electron chi connectivity index (χ3n) is 4.91. The molecule has 8 nitrogen and oxygen atoms in total. The topological polar surface area (TPSA) is 94.9 Å². The second-order valence-corrected chi connectivity index (χ2v) is 7.63. The predicted molar refractivity (Wildman–Crippen MR) is 102 cm³/mol. The van der Waals surface area contributed by atoms with Gasteiger partial charge in [-0.3, -0.25) is 14.5 Å². The van der Waals surface area contributed by atoms with E-state index in [1.54, 1.807) is 30.3 Å². The van der Waals surface area contributed by atoms with Gasteiger partial charge in [0, 0.05) is 24.9 Å². The van der Waals surface area contributed by atoms with Crippen LogP contribution in [-0.2, 0) is 16.1 Å². The number of thiophene rings is 1. The van der Waals surface area contributed by atoms with Crippen molar-refractivity contribution < 1.29 is 18.8 Å². The maximum Gasteiger partial charge on any atom is 0.322 e. The van der Waals surface area contributed by atoms with E-state index in [4.69, 9.17) is 4.42 Å². The van der Waals surface area contributed by atoms with Gasteiger partial charge in [0.15, 0.2) is 0 Å². The van der Waals surface area contributed by atoms with E-state index in [1.165, 1.54) is 16.2 Å². The van der Waals surface area contributed by atoms with Crippen LogP contribution in [0.2, 0.25) is 0 Å². The van der Waals surface area contributed by atoms with Crippen molar-refractivity contribution in [2.75, 3.05) is 20.1 Å². The fraction of sp³-hybridized carbons (Fsp3) is 0.316. The van der Waals surface area contributed by atoms with Crippen molar-refractivity contribution in [2.24, 2.45) is 0 Å². The number of urea groups is 1. The van der Waals surface area contributed by atoms with Crippen LogP contribution in [0.1, 0.15) is 23.1 Å². The molecule has 146 valence electrons. The first kappa shape index (κ1) is 18.3. The van der Waals surface area contributed by atoms with Crippen molar-refractivity contribution in [3.05, 3.63) is 57.8 Å². The van der Waals surface area contributed by atoms with Crippen molar-refractivity contribution in [1.29, 1.82) is 0 Å². The number of nitrogens with one attached hydrogen (secondary N) is 2. The van der Waals surface area contributed by atoms with Crippen molar-refractivity contribution in [3.63, 3.8) is 0 Å². The van der Waals surface area contributed by atoms with Crippen LogP contribution in [0.5, 0.6) is 0 Å². The van der Waals surface area contributed by atoms with E-state index in [2.05, 4.69) is 10.6 Å². The van der Waals surface area contributed by atoms with Crippen LogP contribution < -0.4 is 10.6 Å². The highest BCUT2D eigenvalue weighted by Crippen LogP contribution is 2.37. The van der Waals surface area contributed by atoms with Gasteiger partial charge in [-0.25, -0.2) is 4.79 Å². The molecule has 1 unspecified atom stereocenters. The Hall–Kier alpha value is -3.07. The fourth-order valence-corrected chi connectivity index (χ4v) is 4.18. The lowest BCUT2D eigenvalue weighted by Crippen LogP contribution is -2.45. The van der Waals surface area contributed by atoms with E-state index in [0.717, 1.165) is 4.88 Å². The largest absolute Gasteiger partial charge is 0.467 e. The van der Waals surface area contributed by atoms with Crippen LogP contribution in [0.25, 0.3) is 0 Å². The number of rotatable bonds is 6. The average molecular weight is 400 g/mol. The Morgan fingerprint density at radius 3 is 2.93 bits per heavy atom. The van der Waals surface area contributed by atoms with Crippen LogP contribution in [0.3, 0.4) is 0 Å². The molecule has 0 aliphatic carbocycles. The first-order valence-corrected chi connectivity index (χ1v) is 9.81. The number of nitrogens with zero attached hydrogens (tertiary/aromatic N) is 2. The number of hydrogen-bond donors (Lipinski definition) is 2. The number of amides is 4. The molecule has 0 saturated heterocycles. The van der Waals surface area contributed by atoms with Gasteiger partial charge in [-0.15, -0.1) is 11.3 Å². The summed E-state index contributed by atoms with van der Waals surface area (Å²) < 4.78 is 5.18. The van der Waals surface area contributed by atoms with Gasteiger partial charge in [0.25, 0.3) is 5.91 Å². The van der Waals surface area contributed by atoms with Crippen LogP contribution in [0, 0.1) is 0 Å².